The molecule has 0 aliphatic rings. The summed E-state index contributed by atoms with van der Waals surface area (Å²) in [6.07, 6.45) is 2.65. The van der Waals surface area contributed by atoms with Crippen LogP contribution < -0.4 is 0 Å². The van der Waals surface area contributed by atoms with Gasteiger partial charge in [-0.25, -0.2) is 4.79 Å². The van der Waals surface area contributed by atoms with Crippen molar-refractivity contribution in [3.8, 4) is 0 Å². The molecule has 0 aliphatic heterocycles. The molecule has 5 heteroatoms. The lowest BCUT2D eigenvalue weighted by atomic mass is 9.77. The van der Waals surface area contributed by atoms with Gasteiger partial charge in [0.05, 0.1) is 13.2 Å². The molecule has 0 bridgehead atoms. The molecule has 0 spiro atoms. The summed E-state index contributed by atoms with van der Waals surface area (Å²) in [5, 5.41) is 0. The number of esters is 1. The van der Waals surface area contributed by atoms with Crippen molar-refractivity contribution in [1.29, 1.82) is 0 Å². The molecule has 5 nitrogen and oxygen atoms in total. The van der Waals surface area contributed by atoms with Crippen LogP contribution in [0.5, 0.6) is 0 Å². The van der Waals surface area contributed by atoms with E-state index in [4.69, 9.17) is 14.2 Å². The fraction of sp³-hybridized carbons (Fsp3) is 0.875. The summed E-state index contributed by atoms with van der Waals surface area (Å²) in [6, 6.07) is 0. The largest absolute Gasteiger partial charge is 0.508 e. The van der Waals surface area contributed by atoms with Gasteiger partial charge in [-0.3, -0.25) is 4.79 Å². The Labute approximate surface area is 128 Å². The van der Waals surface area contributed by atoms with E-state index in [0.717, 1.165) is 19.3 Å². The summed E-state index contributed by atoms with van der Waals surface area (Å²) in [6.45, 7) is 9.94. The van der Waals surface area contributed by atoms with E-state index < -0.39 is 17.7 Å². The van der Waals surface area contributed by atoms with E-state index in [1.165, 1.54) is 0 Å². The van der Waals surface area contributed by atoms with Crippen molar-refractivity contribution in [1.82, 2.24) is 0 Å². The van der Waals surface area contributed by atoms with Gasteiger partial charge in [-0.15, -0.1) is 0 Å². The highest BCUT2D eigenvalue weighted by Crippen LogP contribution is 2.35. The molecule has 0 amide bonds. The lowest BCUT2D eigenvalue weighted by molar-refractivity contribution is -0.163. The Morgan fingerprint density at radius 1 is 1.00 bits per heavy atom. The van der Waals surface area contributed by atoms with Crippen LogP contribution in [0, 0.1) is 5.41 Å². The molecule has 2 atom stereocenters. The Bertz CT molecular complexity index is 316. The molecule has 2 unspecified atom stereocenters. The maximum atomic E-state index is 12.4. The van der Waals surface area contributed by atoms with Crippen molar-refractivity contribution >= 4 is 12.1 Å². The minimum atomic E-state index is -0.825. The average molecular weight is 302 g/mol. The van der Waals surface area contributed by atoms with Crippen LogP contribution in [0.2, 0.25) is 0 Å². The van der Waals surface area contributed by atoms with Crippen LogP contribution in [0.1, 0.15) is 66.7 Å². The topological polar surface area (TPSA) is 61.8 Å². The summed E-state index contributed by atoms with van der Waals surface area (Å²) >= 11 is 0. The van der Waals surface area contributed by atoms with Gasteiger partial charge in [-0.05, 0) is 33.6 Å². The second-order valence-electron chi connectivity index (χ2n) is 5.32. The minimum Gasteiger partial charge on any atom is -0.465 e. The summed E-state index contributed by atoms with van der Waals surface area (Å²) in [5.74, 6) is -0.304. The molecule has 0 saturated carbocycles. The second-order valence-corrected chi connectivity index (χ2v) is 5.32. The van der Waals surface area contributed by atoms with E-state index in [-0.39, 0.29) is 12.6 Å². The normalized spacial score (nSPS) is 14.9. The Kier molecular flexibility index (Phi) is 9.84. The molecule has 0 N–H and O–H groups in total. The maximum absolute atomic E-state index is 12.4. The highest BCUT2D eigenvalue weighted by atomic mass is 16.7. The van der Waals surface area contributed by atoms with Crippen molar-refractivity contribution in [2.75, 3.05) is 13.2 Å². The van der Waals surface area contributed by atoms with Crippen LogP contribution in [0.15, 0.2) is 0 Å². The van der Waals surface area contributed by atoms with Gasteiger partial charge in [-0.1, -0.05) is 33.1 Å². The Hall–Kier alpha value is -1.26. The van der Waals surface area contributed by atoms with Crippen LogP contribution in [0.3, 0.4) is 0 Å². The molecular weight excluding hydrogens is 272 g/mol. The number of carbonyl (C=O) groups excluding carboxylic acids is 2. The third-order valence-corrected chi connectivity index (χ3v) is 3.55. The first kappa shape index (κ1) is 19.7. The average Bonchev–Trinajstić information content (AvgIpc) is 2.44. The van der Waals surface area contributed by atoms with Gasteiger partial charge in [-0.2, -0.15) is 0 Å². The molecule has 0 rings (SSSR count). The molecule has 0 fully saturated rings. The molecule has 124 valence electrons. The van der Waals surface area contributed by atoms with Gasteiger partial charge in [0.2, 0.25) is 0 Å². The van der Waals surface area contributed by atoms with Crippen molar-refractivity contribution in [2.24, 2.45) is 5.41 Å². The van der Waals surface area contributed by atoms with E-state index in [9.17, 15) is 9.59 Å². The molecule has 0 aromatic rings. The molecule has 0 aromatic carbocycles. The lowest BCUT2D eigenvalue weighted by Gasteiger charge is -2.34. The summed E-state index contributed by atoms with van der Waals surface area (Å²) in [7, 11) is 0. The van der Waals surface area contributed by atoms with E-state index in [1.807, 2.05) is 13.8 Å². The molecule has 0 aromatic heterocycles. The van der Waals surface area contributed by atoms with Gasteiger partial charge in [0.25, 0.3) is 0 Å². The van der Waals surface area contributed by atoms with Gasteiger partial charge in [0, 0.05) is 0 Å². The molecule has 0 heterocycles. The van der Waals surface area contributed by atoms with Crippen LogP contribution in [0.25, 0.3) is 0 Å². The predicted octanol–water partition coefficient (Wildman–Crippen LogP) is 4.09. The summed E-state index contributed by atoms with van der Waals surface area (Å²) < 4.78 is 15.4. The summed E-state index contributed by atoms with van der Waals surface area (Å²) in [5.41, 5.74) is -0.825. The first-order valence-corrected chi connectivity index (χ1v) is 7.96. The minimum absolute atomic E-state index is 0.253. The quantitative estimate of drug-likeness (QED) is 0.569. The molecule has 0 aliphatic carbocycles. The molecular formula is C16H30O5. The highest BCUT2D eigenvalue weighted by molar-refractivity contribution is 5.77. The van der Waals surface area contributed by atoms with Crippen molar-refractivity contribution in [2.45, 2.75) is 72.8 Å². The number of rotatable bonds is 10. The number of carbonyl (C=O) groups is 2. The van der Waals surface area contributed by atoms with Crippen LogP contribution in [-0.2, 0) is 19.0 Å². The smallest absolute Gasteiger partial charge is 0.465 e. The molecule has 0 radical (unpaired) electrons. The molecule has 21 heavy (non-hydrogen) atoms. The number of hydrogen-bond donors (Lipinski definition) is 0. The SMILES string of the molecule is CCCCC(C)(C(=O)OCC)C(CCC)OC(=O)OCC. The van der Waals surface area contributed by atoms with Crippen molar-refractivity contribution < 1.29 is 23.8 Å². The van der Waals surface area contributed by atoms with E-state index >= 15 is 0 Å². The zero-order valence-corrected chi connectivity index (χ0v) is 14.1. The second kappa shape index (κ2) is 10.5. The fourth-order valence-electron chi connectivity index (χ4n) is 2.27. The lowest BCUT2D eigenvalue weighted by Crippen LogP contribution is -2.44. The number of unbranched alkanes of at least 4 members (excludes halogenated alkanes) is 1. The van der Waals surface area contributed by atoms with Crippen molar-refractivity contribution in [3.63, 3.8) is 0 Å². The maximum Gasteiger partial charge on any atom is 0.508 e. The Morgan fingerprint density at radius 2 is 1.62 bits per heavy atom. The van der Waals surface area contributed by atoms with Crippen LogP contribution in [0.4, 0.5) is 4.79 Å². The first-order chi connectivity index (χ1) is 9.96. The number of hydrogen-bond acceptors (Lipinski definition) is 5. The van der Waals surface area contributed by atoms with E-state index in [2.05, 4.69) is 6.92 Å². The summed E-state index contributed by atoms with van der Waals surface area (Å²) in [4.78, 5) is 24.0. The predicted molar refractivity (Wildman–Crippen MR) is 81.1 cm³/mol. The standard InChI is InChI=1S/C16H30O5/c1-6-10-12-16(5,14(17)19-8-3)13(11-7-2)21-15(18)20-9-4/h13H,6-12H2,1-5H3. The third kappa shape index (κ3) is 6.36. The van der Waals surface area contributed by atoms with E-state index in [0.29, 0.717) is 19.4 Å². The van der Waals surface area contributed by atoms with Gasteiger partial charge < -0.3 is 14.2 Å². The third-order valence-electron chi connectivity index (χ3n) is 3.55. The van der Waals surface area contributed by atoms with Gasteiger partial charge in [0.1, 0.15) is 11.5 Å². The van der Waals surface area contributed by atoms with Gasteiger partial charge >= 0.3 is 12.1 Å². The highest BCUT2D eigenvalue weighted by Gasteiger charge is 2.44. The Morgan fingerprint density at radius 3 is 2.10 bits per heavy atom. The van der Waals surface area contributed by atoms with Gasteiger partial charge in [0.15, 0.2) is 0 Å². The zero-order valence-electron chi connectivity index (χ0n) is 14.1. The van der Waals surface area contributed by atoms with Crippen LogP contribution >= 0.6 is 0 Å². The Balaban J connectivity index is 5.15. The monoisotopic (exact) mass is 302 g/mol. The van der Waals surface area contributed by atoms with E-state index in [1.54, 1.807) is 13.8 Å². The van der Waals surface area contributed by atoms with Crippen LogP contribution in [-0.4, -0.2) is 31.4 Å². The fourth-order valence-corrected chi connectivity index (χ4v) is 2.27. The first-order valence-electron chi connectivity index (χ1n) is 7.96. The zero-order chi connectivity index (χ0) is 16.3. The molecule has 0 saturated heterocycles. The number of ether oxygens (including phenoxy) is 3. The van der Waals surface area contributed by atoms with Crippen molar-refractivity contribution in [3.05, 3.63) is 0 Å².